The number of phenols is 2. The van der Waals surface area contributed by atoms with Gasteiger partial charge in [-0.3, -0.25) is 4.79 Å². The van der Waals surface area contributed by atoms with Gasteiger partial charge in [-0.25, -0.2) is 0 Å². The average molecular weight is 352 g/mol. The van der Waals surface area contributed by atoms with Crippen LogP contribution in [0.1, 0.15) is 63.9 Å². The Labute approximate surface area is 150 Å². The van der Waals surface area contributed by atoms with Crippen LogP contribution in [0.3, 0.4) is 0 Å². The van der Waals surface area contributed by atoms with Crippen LogP contribution in [-0.4, -0.2) is 28.2 Å². The fourth-order valence-electron chi connectivity index (χ4n) is 5.53. The number of carbonyl (C=O) groups is 1. The quantitative estimate of drug-likeness (QED) is 0.734. The highest BCUT2D eigenvalue weighted by Crippen LogP contribution is 2.63. The molecule has 0 amide bonds. The molecule has 4 atom stereocenters. The van der Waals surface area contributed by atoms with Crippen LogP contribution in [0.2, 0.25) is 0 Å². The molecule has 0 fully saturated rings. The highest BCUT2D eigenvalue weighted by atomic mass is 16.5. The summed E-state index contributed by atoms with van der Waals surface area (Å²) in [6.45, 7) is 0. The number of carbonyl (C=O) groups excluding carboxylic acids is 1. The minimum absolute atomic E-state index is 0.0112. The van der Waals surface area contributed by atoms with Gasteiger partial charge in [0.2, 0.25) is 0 Å². The monoisotopic (exact) mass is 352 g/mol. The first-order valence-corrected chi connectivity index (χ1v) is 8.95. The molecule has 0 aliphatic heterocycles. The summed E-state index contributed by atoms with van der Waals surface area (Å²) < 4.78 is 5.58. The Morgan fingerprint density at radius 3 is 2.62 bits per heavy atom. The van der Waals surface area contributed by atoms with Crippen LogP contribution in [0.4, 0.5) is 0 Å². The Hall–Kier alpha value is -2.37. The van der Waals surface area contributed by atoms with Gasteiger partial charge in [0.1, 0.15) is 17.1 Å². The van der Waals surface area contributed by atoms with Gasteiger partial charge in [0, 0.05) is 30.6 Å². The van der Waals surface area contributed by atoms with Crippen molar-refractivity contribution in [1.29, 1.82) is 0 Å². The number of ketones is 1. The van der Waals surface area contributed by atoms with Crippen LogP contribution in [0, 0.1) is 5.92 Å². The third kappa shape index (κ3) is 1.70. The lowest BCUT2D eigenvalue weighted by Crippen LogP contribution is -2.40. The molecule has 0 spiro atoms. The summed E-state index contributed by atoms with van der Waals surface area (Å²) in [6.07, 6.45) is 1.48. The molecule has 3 N–H and O–H groups in total. The summed E-state index contributed by atoms with van der Waals surface area (Å²) in [6, 6.07) is 8.22. The predicted molar refractivity (Wildman–Crippen MR) is 93.4 cm³/mol. The molecule has 134 valence electrons. The molecule has 5 nitrogen and oxygen atoms in total. The third-order valence-electron chi connectivity index (χ3n) is 6.55. The zero-order valence-corrected chi connectivity index (χ0v) is 14.4. The van der Waals surface area contributed by atoms with Crippen molar-refractivity contribution in [2.45, 2.75) is 36.9 Å². The predicted octanol–water partition coefficient (Wildman–Crippen LogP) is 3.11. The smallest absolute Gasteiger partial charge is 0.167 e. The van der Waals surface area contributed by atoms with Crippen LogP contribution >= 0.6 is 0 Å². The van der Waals surface area contributed by atoms with Gasteiger partial charge in [-0.1, -0.05) is 18.2 Å². The van der Waals surface area contributed by atoms with Crippen molar-refractivity contribution in [1.82, 2.24) is 0 Å². The second-order valence-electron chi connectivity index (χ2n) is 7.57. The van der Waals surface area contributed by atoms with E-state index in [9.17, 15) is 20.1 Å². The molecule has 0 radical (unpaired) electrons. The van der Waals surface area contributed by atoms with Gasteiger partial charge in [-0.2, -0.15) is 0 Å². The van der Waals surface area contributed by atoms with Crippen molar-refractivity contribution < 1.29 is 24.9 Å². The zero-order chi connectivity index (χ0) is 18.2. The molecule has 2 aromatic rings. The van der Waals surface area contributed by atoms with E-state index < -0.39 is 5.60 Å². The highest BCUT2D eigenvalue weighted by Gasteiger charge is 2.58. The number of rotatable bonds is 1. The number of aliphatic hydroxyl groups is 1. The van der Waals surface area contributed by atoms with Crippen LogP contribution in [0.25, 0.3) is 0 Å². The number of fused-ring (bicyclic) bond motifs is 5. The summed E-state index contributed by atoms with van der Waals surface area (Å²) in [5.74, 6) is -0.362. The molecule has 0 aromatic heterocycles. The van der Waals surface area contributed by atoms with E-state index in [-0.39, 0.29) is 47.2 Å². The number of phenolic OH excluding ortho intramolecular Hbond substituents is 2. The van der Waals surface area contributed by atoms with E-state index in [0.717, 1.165) is 29.5 Å². The van der Waals surface area contributed by atoms with Crippen LogP contribution in [0.15, 0.2) is 30.3 Å². The summed E-state index contributed by atoms with van der Waals surface area (Å²) in [7, 11) is 1.62. The first kappa shape index (κ1) is 15.9. The maximum Gasteiger partial charge on any atom is 0.167 e. The van der Waals surface area contributed by atoms with Crippen molar-refractivity contribution in [3.8, 4) is 11.5 Å². The standard InChI is InChI=1S/C21H20O5/c1-26-17-8-5-10-13-9-16(24)19-11(3-2-4-14(19)22)21(13,25)12-6-7-15(23)20(17)18(10)12/h2-4,6-7,10,13,17,22-23,25H,5,8-9H2,1H3/t10-,13-,17-,21-/m0/s1. The molecule has 0 bridgehead atoms. The van der Waals surface area contributed by atoms with Gasteiger partial charge in [0.05, 0.1) is 11.7 Å². The number of ether oxygens (including phenoxy) is 1. The fraction of sp³-hybridized carbons (Fsp3) is 0.381. The number of benzene rings is 2. The van der Waals surface area contributed by atoms with Gasteiger partial charge >= 0.3 is 0 Å². The highest BCUT2D eigenvalue weighted by molar-refractivity contribution is 6.02. The molecular weight excluding hydrogens is 332 g/mol. The summed E-state index contributed by atoms with van der Waals surface area (Å²) in [5, 5.41) is 32.6. The lowest BCUT2D eigenvalue weighted by atomic mass is 9.67. The van der Waals surface area contributed by atoms with E-state index >= 15 is 0 Å². The second-order valence-corrected chi connectivity index (χ2v) is 7.57. The maximum atomic E-state index is 12.7. The first-order chi connectivity index (χ1) is 12.5. The van der Waals surface area contributed by atoms with Crippen LogP contribution in [0.5, 0.6) is 11.5 Å². The van der Waals surface area contributed by atoms with Gasteiger partial charge in [0.25, 0.3) is 0 Å². The number of aromatic hydroxyl groups is 2. The molecule has 3 aliphatic rings. The van der Waals surface area contributed by atoms with E-state index in [1.54, 1.807) is 31.4 Å². The van der Waals surface area contributed by atoms with Crippen LogP contribution < -0.4 is 0 Å². The zero-order valence-electron chi connectivity index (χ0n) is 14.4. The Morgan fingerprint density at radius 1 is 1.04 bits per heavy atom. The number of Topliss-reactive ketones (excluding diaryl/α,β-unsaturated/α-hetero) is 1. The van der Waals surface area contributed by atoms with E-state index in [2.05, 4.69) is 0 Å². The molecule has 0 saturated heterocycles. The van der Waals surface area contributed by atoms with Crippen molar-refractivity contribution in [3.63, 3.8) is 0 Å². The molecule has 0 saturated carbocycles. The van der Waals surface area contributed by atoms with Crippen LogP contribution in [-0.2, 0) is 10.3 Å². The largest absolute Gasteiger partial charge is 0.508 e. The summed E-state index contributed by atoms with van der Waals surface area (Å²) in [5.41, 5.74) is 1.72. The lowest BCUT2D eigenvalue weighted by Gasteiger charge is -2.39. The van der Waals surface area contributed by atoms with Crippen molar-refractivity contribution in [2.75, 3.05) is 7.11 Å². The normalized spacial score (nSPS) is 31.3. The number of methoxy groups -OCH3 is 1. The topological polar surface area (TPSA) is 87.0 Å². The van der Waals surface area contributed by atoms with Gasteiger partial charge in [-0.05, 0) is 42.0 Å². The minimum Gasteiger partial charge on any atom is -0.508 e. The lowest BCUT2D eigenvalue weighted by molar-refractivity contribution is 0.00455. The maximum absolute atomic E-state index is 12.7. The molecule has 26 heavy (non-hydrogen) atoms. The van der Waals surface area contributed by atoms with Gasteiger partial charge in [-0.15, -0.1) is 0 Å². The number of hydrogen-bond donors (Lipinski definition) is 3. The van der Waals surface area contributed by atoms with E-state index in [0.29, 0.717) is 5.56 Å². The summed E-state index contributed by atoms with van der Waals surface area (Å²) in [4.78, 5) is 12.7. The van der Waals surface area contributed by atoms with Crippen molar-refractivity contribution >= 4 is 5.78 Å². The molecule has 0 heterocycles. The average Bonchev–Trinajstić information content (AvgIpc) is 2.88. The molecule has 3 aliphatic carbocycles. The molecule has 5 heteroatoms. The molecule has 5 rings (SSSR count). The summed E-state index contributed by atoms with van der Waals surface area (Å²) >= 11 is 0. The van der Waals surface area contributed by atoms with Gasteiger partial charge in [0.15, 0.2) is 5.78 Å². The number of hydrogen-bond acceptors (Lipinski definition) is 5. The van der Waals surface area contributed by atoms with E-state index in [1.165, 1.54) is 6.07 Å². The molecule has 0 unspecified atom stereocenters. The molecular formula is C21H20O5. The first-order valence-electron chi connectivity index (χ1n) is 8.95. The Kier molecular flexibility index (Phi) is 3.10. The Balaban J connectivity index is 1.84. The third-order valence-corrected chi connectivity index (χ3v) is 6.55. The Morgan fingerprint density at radius 2 is 1.85 bits per heavy atom. The van der Waals surface area contributed by atoms with Crippen molar-refractivity contribution in [3.05, 3.63) is 58.1 Å². The van der Waals surface area contributed by atoms with Crippen molar-refractivity contribution in [2.24, 2.45) is 5.92 Å². The van der Waals surface area contributed by atoms with E-state index in [4.69, 9.17) is 4.74 Å². The van der Waals surface area contributed by atoms with E-state index in [1.807, 2.05) is 0 Å². The molecule has 2 aromatic carbocycles. The Bertz CT molecular complexity index is 950. The van der Waals surface area contributed by atoms with Gasteiger partial charge < -0.3 is 20.1 Å². The fourth-order valence-corrected chi connectivity index (χ4v) is 5.53. The second kappa shape index (κ2) is 5.09. The SMILES string of the molecule is CO[C@H]1CC[C@@H]2c3c(ccc(O)c31)[C@@]1(O)c3cccc(O)c3C(=O)C[C@@H]21. The minimum atomic E-state index is -1.34.